The number of anilines is 1. The highest BCUT2D eigenvalue weighted by molar-refractivity contribution is 7.22. The number of hydrogen-bond donors (Lipinski definition) is 0. The molecule has 0 amide bonds. The molecule has 4 heterocycles. The van der Waals surface area contributed by atoms with Crippen molar-refractivity contribution in [1.29, 1.82) is 0 Å². The Hall–Kier alpha value is -3.66. The van der Waals surface area contributed by atoms with E-state index in [9.17, 15) is 4.79 Å². The van der Waals surface area contributed by atoms with Gasteiger partial charge in [0.05, 0.1) is 22.4 Å². The van der Waals surface area contributed by atoms with Gasteiger partial charge < -0.3 is 14.2 Å². The number of hydrogen-bond acceptors (Lipinski definition) is 8. The van der Waals surface area contributed by atoms with E-state index < -0.39 is 11.7 Å². The Labute approximate surface area is 254 Å². The van der Waals surface area contributed by atoms with Crippen LogP contribution in [0.1, 0.15) is 56.6 Å². The van der Waals surface area contributed by atoms with Gasteiger partial charge in [-0.1, -0.05) is 23.7 Å². The maximum Gasteiger partial charge on any atom is 0.163 e. The molecule has 3 aromatic heterocycles. The Kier molecular flexibility index (Phi) is 7.37. The number of ketones is 1. The van der Waals surface area contributed by atoms with Gasteiger partial charge in [0, 0.05) is 41.0 Å². The average molecular weight is 601 g/mol. The van der Waals surface area contributed by atoms with E-state index in [4.69, 9.17) is 21.3 Å². The molecule has 42 heavy (non-hydrogen) atoms. The molecule has 0 spiro atoms. The van der Waals surface area contributed by atoms with Crippen LogP contribution in [0.3, 0.4) is 0 Å². The summed E-state index contributed by atoms with van der Waals surface area (Å²) in [6.45, 7) is 13.8. The van der Waals surface area contributed by atoms with Crippen molar-refractivity contribution in [3.05, 3.63) is 76.5 Å². The fraction of sp³-hybridized carbons (Fsp3) is 0.344. The number of fused-ring (bicyclic) bond motifs is 2. The molecular formula is C32H33ClN6O2S. The fourth-order valence-corrected chi connectivity index (χ4v) is 6.74. The van der Waals surface area contributed by atoms with Crippen molar-refractivity contribution in [2.24, 2.45) is 0 Å². The molecule has 10 heteroatoms. The Morgan fingerprint density at radius 1 is 1.05 bits per heavy atom. The lowest BCUT2D eigenvalue weighted by Crippen LogP contribution is -2.34. The maximum absolute atomic E-state index is 13.1. The van der Waals surface area contributed by atoms with Gasteiger partial charge in [-0.25, -0.2) is 9.97 Å². The number of ether oxygens (including phenoxy) is 1. The van der Waals surface area contributed by atoms with Gasteiger partial charge in [0.15, 0.2) is 11.6 Å². The van der Waals surface area contributed by atoms with E-state index in [0.717, 1.165) is 73.6 Å². The first-order chi connectivity index (χ1) is 20.0. The van der Waals surface area contributed by atoms with Gasteiger partial charge in [0.1, 0.15) is 22.8 Å². The van der Waals surface area contributed by atoms with Gasteiger partial charge in [-0.05, 0) is 83.0 Å². The molecule has 216 valence electrons. The van der Waals surface area contributed by atoms with Gasteiger partial charge in [0.2, 0.25) is 0 Å². The molecule has 0 bridgehead atoms. The van der Waals surface area contributed by atoms with Crippen LogP contribution in [0.5, 0.6) is 0 Å². The first kappa shape index (κ1) is 28.5. The number of halogens is 1. The third kappa shape index (κ3) is 5.44. The average Bonchev–Trinajstić information content (AvgIpc) is 3.54. The number of Topliss-reactive ketones (excluding diaryl/α,β-unsaturated/α-hetero) is 1. The molecule has 0 N–H and O–H groups in total. The summed E-state index contributed by atoms with van der Waals surface area (Å²) >= 11 is 7.88. The fourth-order valence-electron chi connectivity index (χ4n) is 5.50. The molecule has 0 saturated carbocycles. The summed E-state index contributed by atoms with van der Waals surface area (Å²) in [5.41, 5.74) is 5.09. The first-order valence-electron chi connectivity index (χ1n) is 14.0. The van der Waals surface area contributed by atoms with Crippen molar-refractivity contribution < 1.29 is 9.53 Å². The van der Waals surface area contributed by atoms with Crippen molar-refractivity contribution >= 4 is 44.8 Å². The normalized spacial score (nSPS) is 14.3. The largest absolute Gasteiger partial charge is 0.360 e. The second kappa shape index (κ2) is 10.9. The van der Waals surface area contributed by atoms with E-state index >= 15 is 0 Å². The summed E-state index contributed by atoms with van der Waals surface area (Å²) in [6.07, 6.45) is 1.11. The smallest absolute Gasteiger partial charge is 0.163 e. The monoisotopic (exact) mass is 600 g/mol. The minimum absolute atomic E-state index is 0.0429. The van der Waals surface area contributed by atoms with Crippen LogP contribution in [0, 0.1) is 13.8 Å². The Morgan fingerprint density at radius 2 is 1.81 bits per heavy atom. The van der Waals surface area contributed by atoms with E-state index in [1.54, 1.807) is 18.3 Å². The number of aryl methyl sites for hydroxylation is 2. The van der Waals surface area contributed by atoms with E-state index in [1.807, 2.05) is 71.1 Å². The summed E-state index contributed by atoms with van der Waals surface area (Å²) in [4.78, 5) is 25.1. The molecular weight excluding hydrogens is 568 g/mol. The van der Waals surface area contributed by atoms with Crippen LogP contribution >= 0.6 is 22.9 Å². The molecule has 8 nitrogen and oxygen atoms in total. The van der Waals surface area contributed by atoms with Crippen LogP contribution in [-0.4, -0.2) is 42.7 Å². The number of aromatic nitrogens is 5. The summed E-state index contributed by atoms with van der Waals surface area (Å²) in [6, 6.07) is 13.9. The molecule has 1 aliphatic heterocycles. The van der Waals surface area contributed by atoms with Crippen LogP contribution in [0.25, 0.3) is 31.9 Å². The quantitative estimate of drug-likeness (QED) is 0.201. The molecule has 0 radical (unpaired) electrons. The number of carbonyl (C=O) groups is 1. The Morgan fingerprint density at radius 3 is 2.52 bits per heavy atom. The Balaban J connectivity index is 1.47. The standard InChI is InChI=1S/C32H33ClN6O2S/c1-18-15-24-30(28(21-7-9-23(33)10-8-21)27(18)29(19(2)40)41-32(4,5)6)42-31(35-24)22-11-12-34-25(16-22)38-13-14-39-20(3)36-37-26(39)17-38/h7-12,15-16,29H,13-14,17H2,1-6H3/t29-/m1/s1. The maximum atomic E-state index is 13.1. The third-order valence-corrected chi connectivity index (χ3v) is 8.81. The number of nitrogens with zero attached hydrogens (tertiary/aromatic N) is 6. The zero-order chi connectivity index (χ0) is 29.8. The number of benzene rings is 2. The topological polar surface area (TPSA) is 86.0 Å². The summed E-state index contributed by atoms with van der Waals surface area (Å²) in [5.74, 6) is 2.72. The van der Waals surface area contributed by atoms with Gasteiger partial charge in [-0.2, -0.15) is 0 Å². The van der Waals surface area contributed by atoms with E-state index in [-0.39, 0.29) is 5.78 Å². The van der Waals surface area contributed by atoms with E-state index in [1.165, 1.54) is 0 Å². The summed E-state index contributed by atoms with van der Waals surface area (Å²) in [7, 11) is 0. The molecule has 0 saturated heterocycles. The molecule has 6 rings (SSSR count). The van der Waals surface area contributed by atoms with Crippen molar-refractivity contribution in [3.8, 4) is 21.7 Å². The lowest BCUT2D eigenvalue weighted by molar-refractivity contribution is -0.138. The number of pyridine rings is 1. The van der Waals surface area contributed by atoms with Crippen LogP contribution in [0.2, 0.25) is 5.02 Å². The van der Waals surface area contributed by atoms with Crippen LogP contribution < -0.4 is 4.90 Å². The molecule has 1 atom stereocenters. The highest BCUT2D eigenvalue weighted by Crippen LogP contribution is 2.44. The highest BCUT2D eigenvalue weighted by atomic mass is 35.5. The minimum atomic E-state index is -0.719. The van der Waals surface area contributed by atoms with Crippen LogP contribution in [0.4, 0.5) is 5.82 Å². The van der Waals surface area contributed by atoms with Crippen LogP contribution in [-0.2, 0) is 22.6 Å². The molecule has 0 unspecified atom stereocenters. The van der Waals surface area contributed by atoms with Crippen molar-refractivity contribution in [1.82, 2.24) is 24.7 Å². The van der Waals surface area contributed by atoms with E-state index in [0.29, 0.717) is 11.6 Å². The lowest BCUT2D eigenvalue weighted by atomic mass is 9.90. The zero-order valence-electron chi connectivity index (χ0n) is 24.6. The van der Waals surface area contributed by atoms with Gasteiger partial charge in [0.25, 0.3) is 0 Å². The summed E-state index contributed by atoms with van der Waals surface area (Å²) < 4.78 is 9.54. The minimum Gasteiger partial charge on any atom is -0.360 e. The van der Waals surface area contributed by atoms with Crippen LogP contribution in [0.15, 0.2) is 48.7 Å². The van der Waals surface area contributed by atoms with Crippen molar-refractivity contribution in [2.45, 2.75) is 66.3 Å². The van der Waals surface area contributed by atoms with Crippen molar-refractivity contribution in [2.75, 3.05) is 11.4 Å². The second-order valence-corrected chi connectivity index (χ2v) is 13.2. The van der Waals surface area contributed by atoms with Gasteiger partial charge in [-0.3, -0.25) is 4.79 Å². The van der Waals surface area contributed by atoms with Gasteiger partial charge >= 0.3 is 0 Å². The Bertz CT molecular complexity index is 1800. The predicted octanol–water partition coefficient (Wildman–Crippen LogP) is 7.35. The molecule has 0 aliphatic carbocycles. The van der Waals surface area contributed by atoms with E-state index in [2.05, 4.69) is 36.8 Å². The molecule has 2 aromatic carbocycles. The molecule has 5 aromatic rings. The molecule has 0 fully saturated rings. The second-order valence-electron chi connectivity index (χ2n) is 11.7. The summed E-state index contributed by atoms with van der Waals surface area (Å²) in [5, 5.41) is 10.1. The number of rotatable bonds is 6. The van der Waals surface area contributed by atoms with Crippen molar-refractivity contribution in [3.63, 3.8) is 0 Å². The van der Waals surface area contributed by atoms with Gasteiger partial charge in [-0.15, -0.1) is 21.5 Å². The molecule has 1 aliphatic rings. The zero-order valence-corrected chi connectivity index (χ0v) is 26.2. The highest BCUT2D eigenvalue weighted by Gasteiger charge is 2.30. The SMILES string of the molecule is CC(=O)[C@@H](OC(C)(C)C)c1c(C)cc2nc(-c3ccnc(N4CCn5c(C)nnc5C4)c3)sc2c1-c1ccc(Cl)cc1. The first-order valence-corrected chi connectivity index (χ1v) is 15.2. The third-order valence-electron chi connectivity index (χ3n) is 7.42. The number of carbonyl (C=O) groups excluding carboxylic acids is 1. The number of thiazole rings is 1. The lowest BCUT2D eigenvalue weighted by Gasteiger charge is -2.29. The predicted molar refractivity (Wildman–Crippen MR) is 168 cm³/mol.